The van der Waals surface area contributed by atoms with E-state index in [1.165, 1.54) is 6.20 Å². The Morgan fingerprint density at radius 1 is 1.03 bits per heavy atom. The zero-order chi connectivity index (χ0) is 20.4. The summed E-state index contributed by atoms with van der Waals surface area (Å²) in [7, 11) is 0. The number of halogens is 2. The fraction of sp³-hybridized carbons (Fsp3) is 0. The molecule has 0 unspecified atom stereocenters. The molecule has 0 saturated heterocycles. The molecule has 3 aromatic heterocycles. The molecule has 0 spiro atoms. The Morgan fingerprint density at radius 2 is 1.86 bits per heavy atom. The molecule has 0 saturated carbocycles. The third-order valence-electron chi connectivity index (χ3n) is 3.94. The number of aromatic nitrogens is 5. The highest BCUT2D eigenvalue weighted by Crippen LogP contribution is 2.22. The summed E-state index contributed by atoms with van der Waals surface area (Å²) < 4.78 is 1.08. The number of nitrogens with one attached hydrogen (secondary N) is 1. The molecule has 0 amide bonds. The van der Waals surface area contributed by atoms with Crippen LogP contribution in [0.5, 0.6) is 0 Å². The van der Waals surface area contributed by atoms with Gasteiger partial charge in [0.2, 0.25) is 5.95 Å². The molecule has 144 valence electrons. The Kier molecular flexibility index (Phi) is 5.11. The van der Waals surface area contributed by atoms with Gasteiger partial charge in [-0.3, -0.25) is 4.79 Å². The van der Waals surface area contributed by atoms with Crippen LogP contribution in [0.3, 0.4) is 0 Å². The minimum Gasteiger partial charge on any atom is -0.396 e. The lowest BCUT2D eigenvalue weighted by Gasteiger charge is -2.09. The van der Waals surface area contributed by atoms with Crippen molar-refractivity contribution < 1.29 is 0 Å². The summed E-state index contributed by atoms with van der Waals surface area (Å²) >= 11 is 11.9. The second kappa shape index (κ2) is 7.86. The molecule has 3 N–H and O–H groups in total. The lowest BCUT2D eigenvalue weighted by Crippen LogP contribution is -2.23. The van der Waals surface area contributed by atoms with Crippen LogP contribution in [-0.4, -0.2) is 24.7 Å². The van der Waals surface area contributed by atoms with Crippen molar-refractivity contribution in [2.24, 2.45) is 0 Å². The summed E-state index contributed by atoms with van der Waals surface area (Å²) in [6, 6.07) is 12.4. The van der Waals surface area contributed by atoms with E-state index in [-0.39, 0.29) is 16.5 Å². The lowest BCUT2D eigenvalue weighted by molar-refractivity contribution is 0.784. The molecule has 3 heterocycles. The topological polar surface area (TPSA) is 112 Å². The van der Waals surface area contributed by atoms with Crippen molar-refractivity contribution in [3.8, 4) is 17.1 Å². The number of pyridine rings is 1. The number of nitrogens with zero attached hydrogens (tertiary/aromatic N) is 5. The van der Waals surface area contributed by atoms with Gasteiger partial charge >= 0.3 is 0 Å². The smallest absolute Gasteiger partial charge is 0.293 e. The van der Waals surface area contributed by atoms with Crippen molar-refractivity contribution in [2.75, 3.05) is 11.1 Å². The largest absolute Gasteiger partial charge is 0.396 e. The quantitative estimate of drug-likeness (QED) is 0.512. The van der Waals surface area contributed by atoms with E-state index in [0.717, 1.165) is 10.4 Å². The minimum atomic E-state index is -0.553. The van der Waals surface area contributed by atoms with E-state index in [2.05, 4.69) is 25.4 Å². The molecule has 29 heavy (non-hydrogen) atoms. The first-order chi connectivity index (χ1) is 14.0. The molecular formula is C19H13Cl2N7O. The van der Waals surface area contributed by atoms with Crippen molar-refractivity contribution >= 4 is 40.5 Å². The standard InChI is InChI=1S/C19H13Cl2N7O/c20-12-2-1-3-13(9-12)26-19-24-7-5-15(27-19)11-4-6-23-16(8-11)28-18(29)17(21)14(22)10-25-28/h1-10H,22H2,(H,24,26,27). The number of nitrogens with two attached hydrogens (primary N) is 1. The number of hydrogen-bond acceptors (Lipinski definition) is 7. The van der Waals surface area contributed by atoms with Gasteiger partial charge in [0.25, 0.3) is 5.56 Å². The lowest BCUT2D eigenvalue weighted by atomic mass is 10.2. The second-order valence-electron chi connectivity index (χ2n) is 5.93. The Morgan fingerprint density at radius 3 is 2.69 bits per heavy atom. The van der Waals surface area contributed by atoms with Gasteiger partial charge in [0.1, 0.15) is 5.02 Å². The van der Waals surface area contributed by atoms with E-state index in [1.54, 1.807) is 42.7 Å². The molecule has 0 bridgehead atoms. The highest BCUT2D eigenvalue weighted by atomic mass is 35.5. The Hall–Kier alpha value is -3.49. The number of anilines is 3. The fourth-order valence-corrected chi connectivity index (χ4v) is 2.90. The second-order valence-corrected chi connectivity index (χ2v) is 6.75. The molecule has 10 heteroatoms. The summed E-state index contributed by atoms with van der Waals surface area (Å²) in [5.41, 5.74) is 7.28. The maximum Gasteiger partial charge on any atom is 0.293 e. The van der Waals surface area contributed by atoms with Crippen LogP contribution in [-0.2, 0) is 0 Å². The van der Waals surface area contributed by atoms with Gasteiger partial charge in [-0.2, -0.15) is 9.78 Å². The first-order valence-corrected chi connectivity index (χ1v) is 9.12. The SMILES string of the molecule is Nc1cnn(-c2cc(-c3ccnc(Nc4cccc(Cl)c4)n3)ccn2)c(=O)c1Cl. The van der Waals surface area contributed by atoms with Crippen molar-refractivity contribution in [1.82, 2.24) is 24.7 Å². The van der Waals surface area contributed by atoms with Crippen LogP contribution >= 0.6 is 23.2 Å². The van der Waals surface area contributed by atoms with Gasteiger partial charge in [0, 0.05) is 28.7 Å². The highest BCUT2D eigenvalue weighted by molar-refractivity contribution is 6.32. The van der Waals surface area contributed by atoms with Crippen LogP contribution < -0.4 is 16.6 Å². The zero-order valence-electron chi connectivity index (χ0n) is 14.8. The fourth-order valence-electron chi connectivity index (χ4n) is 2.58. The van der Waals surface area contributed by atoms with E-state index in [4.69, 9.17) is 28.9 Å². The van der Waals surface area contributed by atoms with Crippen molar-refractivity contribution in [3.05, 3.63) is 81.5 Å². The molecule has 4 rings (SSSR count). The number of rotatable bonds is 4. The number of hydrogen-bond donors (Lipinski definition) is 2. The van der Waals surface area contributed by atoms with Crippen molar-refractivity contribution in [2.45, 2.75) is 0 Å². The molecule has 1 aromatic carbocycles. The summed E-state index contributed by atoms with van der Waals surface area (Å²) in [6.07, 6.45) is 4.48. The molecule has 0 fully saturated rings. The van der Waals surface area contributed by atoms with E-state index < -0.39 is 5.56 Å². The average Bonchev–Trinajstić information content (AvgIpc) is 2.72. The monoisotopic (exact) mass is 425 g/mol. The summed E-state index contributed by atoms with van der Waals surface area (Å²) in [4.78, 5) is 25.3. The average molecular weight is 426 g/mol. The van der Waals surface area contributed by atoms with Gasteiger partial charge < -0.3 is 11.1 Å². The molecule has 8 nitrogen and oxygen atoms in total. The first kappa shape index (κ1) is 18.9. The maximum atomic E-state index is 12.3. The Labute approximate surface area is 175 Å². The minimum absolute atomic E-state index is 0.108. The molecule has 0 aliphatic carbocycles. The van der Waals surface area contributed by atoms with Gasteiger partial charge in [-0.15, -0.1) is 0 Å². The third kappa shape index (κ3) is 4.03. The molecule has 0 aliphatic rings. The zero-order valence-corrected chi connectivity index (χ0v) is 16.3. The van der Waals surface area contributed by atoms with Gasteiger partial charge in [0.15, 0.2) is 5.82 Å². The molecule has 4 aromatic rings. The summed E-state index contributed by atoms with van der Waals surface area (Å²) in [5, 5.41) is 7.60. The summed E-state index contributed by atoms with van der Waals surface area (Å²) in [5.74, 6) is 0.686. The van der Waals surface area contributed by atoms with E-state index in [0.29, 0.717) is 22.2 Å². The van der Waals surface area contributed by atoms with Crippen LogP contribution in [0.2, 0.25) is 10.0 Å². The Bertz CT molecular complexity index is 1260. The van der Waals surface area contributed by atoms with Gasteiger partial charge in [-0.05, 0) is 36.4 Å². The van der Waals surface area contributed by atoms with Crippen LogP contribution in [0.25, 0.3) is 17.1 Å². The van der Waals surface area contributed by atoms with Gasteiger partial charge in [-0.1, -0.05) is 29.3 Å². The predicted octanol–water partition coefficient (Wildman–Crippen LogP) is 3.72. The molecule has 0 aliphatic heterocycles. The number of benzene rings is 1. The third-order valence-corrected chi connectivity index (χ3v) is 4.56. The first-order valence-electron chi connectivity index (χ1n) is 8.37. The van der Waals surface area contributed by atoms with Crippen LogP contribution in [0.4, 0.5) is 17.3 Å². The van der Waals surface area contributed by atoms with Crippen molar-refractivity contribution in [1.29, 1.82) is 0 Å². The molecule has 0 atom stereocenters. The molecular weight excluding hydrogens is 413 g/mol. The van der Waals surface area contributed by atoms with Crippen LogP contribution in [0, 0.1) is 0 Å². The van der Waals surface area contributed by atoms with E-state index >= 15 is 0 Å². The van der Waals surface area contributed by atoms with E-state index in [1.807, 2.05) is 12.1 Å². The van der Waals surface area contributed by atoms with Gasteiger partial charge in [-0.25, -0.2) is 15.0 Å². The maximum absolute atomic E-state index is 12.3. The number of nitrogen functional groups attached to an aromatic ring is 1. The normalized spacial score (nSPS) is 10.7. The Balaban J connectivity index is 1.69. The van der Waals surface area contributed by atoms with Crippen LogP contribution in [0.1, 0.15) is 0 Å². The highest BCUT2D eigenvalue weighted by Gasteiger charge is 2.11. The van der Waals surface area contributed by atoms with E-state index in [9.17, 15) is 4.79 Å². The summed E-state index contributed by atoms with van der Waals surface area (Å²) in [6.45, 7) is 0. The van der Waals surface area contributed by atoms with Crippen molar-refractivity contribution in [3.63, 3.8) is 0 Å². The van der Waals surface area contributed by atoms with Gasteiger partial charge in [0.05, 0.1) is 17.6 Å². The molecule has 0 radical (unpaired) electrons. The van der Waals surface area contributed by atoms with Crippen LogP contribution in [0.15, 0.2) is 65.8 Å². The predicted molar refractivity (Wildman–Crippen MR) is 113 cm³/mol.